The number of amides is 1. The van der Waals surface area contributed by atoms with Crippen LogP contribution in [0.3, 0.4) is 0 Å². The van der Waals surface area contributed by atoms with E-state index in [9.17, 15) is 9.59 Å². The molecule has 6 nitrogen and oxygen atoms in total. The van der Waals surface area contributed by atoms with Gasteiger partial charge in [-0.25, -0.2) is 4.68 Å². The van der Waals surface area contributed by atoms with Crippen LogP contribution in [0.25, 0.3) is 5.69 Å². The molecule has 1 aromatic heterocycles. The van der Waals surface area contributed by atoms with Gasteiger partial charge in [-0.3, -0.25) is 9.59 Å². The molecule has 0 radical (unpaired) electrons. The highest BCUT2D eigenvalue weighted by Crippen LogP contribution is 2.17. The maximum atomic E-state index is 12.9. The van der Waals surface area contributed by atoms with E-state index in [-0.39, 0.29) is 17.0 Å². The third-order valence-corrected chi connectivity index (χ3v) is 4.61. The van der Waals surface area contributed by atoms with Crippen molar-refractivity contribution < 1.29 is 4.79 Å². The van der Waals surface area contributed by atoms with Gasteiger partial charge in [0.2, 0.25) is 5.43 Å². The number of hydrogen-bond acceptors (Lipinski definition) is 4. The number of nitrogens with one attached hydrogen (secondary N) is 1. The zero-order valence-electron chi connectivity index (χ0n) is 14.7. The molecule has 1 aliphatic heterocycles. The van der Waals surface area contributed by atoms with Crippen LogP contribution in [-0.4, -0.2) is 47.3 Å². The third-order valence-electron chi connectivity index (χ3n) is 4.61. The molecule has 2 aromatic rings. The number of likely N-dealkylation sites (tertiary alicyclic amines) is 1. The number of para-hydroxylation sites is 1. The summed E-state index contributed by atoms with van der Waals surface area (Å²) in [6, 6.07) is 11.0. The Morgan fingerprint density at radius 3 is 2.80 bits per heavy atom. The second-order valence-corrected chi connectivity index (χ2v) is 6.56. The largest absolute Gasteiger partial charge is 0.337 e. The monoisotopic (exact) mass is 340 g/mol. The zero-order valence-corrected chi connectivity index (χ0v) is 14.7. The molecule has 0 saturated carbocycles. The standard InChI is InChI=1S/C19H24N4O2/c1-14-11-17(24)18(21-23(14)16-8-4-3-5-9-16)19(25)22-10-6-7-15(13-22)12-20-2/h3-5,8-9,11,15,20H,6-7,10,12-13H2,1-2H3. The smallest absolute Gasteiger partial charge is 0.278 e. The number of rotatable bonds is 4. The molecule has 1 fully saturated rings. The van der Waals surface area contributed by atoms with Gasteiger partial charge in [0.1, 0.15) is 0 Å². The lowest BCUT2D eigenvalue weighted by Crippen LogP contribution is -2.44. The Kier molecular flexibility index (Phi) is 5.28. The normalized spacial score (nSPS) is 17.5. The maximum Gasteiger partial charge on any atom is 0.278 e. The van der Waals surface area contributed by atoms with Crippen molar-refractivity contribution >= 4 is 5.91 Å². The topological polar surface area (TPSA) is 67.2 Å². The zero-order chi connectivity index (χ0) is 17.8. The van der Waals surface area contributed by atoms with Crippen molar-refractivity contribution in [3.63, 3.8) is 0 Å². The Balaban J connectivity index is 1.91. The summed E-state index contributed by atoms with van der Waals surface area (Å²) in [4.78, 5) is 27.0. The molecular weight excluding hydrogens is 316 g/mol. The highest BCUT2D eigenvalue weighted by molar-refractivity contribution is 5.92. The van der Waals surface area contributed by atoms with Crippen LogP contribution in [0, 0.1) is 12.8 Å². The van der Waals surface area contributed by atoms with Crippen LogP contribution in [0.1, 0.15) is 29.0 Å². The van der Waals surface area contributed by atoms with Gasteiger partial charge in [0.25, 0.3) is 5.91 Å². The first kappa shape index (κ1) is 17.4. The molecule has 0 aliphatic carbocycles. The fourth-order valence-electron chi connectivity index (χ4n) is 3.38. The van der Waals surface area contributed by atoms with Crippen molar-refractivity contribution in [2.75, 3.05) is 26.7 Å². The molecule has 1 unspecified atom stereocenters. The Morgan fingerprint density at radius 1 is 1.32 bits per heavy atom. The first-order valence-electron chi connectivity index (χ1n) is 8.70. The summed E-state index contributed by atoms with van der Waals surface area (Å²) >= 11 is 0. The van der Waals surface area contributed by atoms with Gasteiger partial charge < -0.3 is 10.2 Å². The Morgan fingerprint density at radius 2 is 2.08 bits per heavy atom. The van der Waals surface area contributed by atoms with Crippen LogP contribution in [0.4, 0.5) is 0 Å². The summed E-state index contributed by atoms with van der Waals surface area (Å²) in [5.41, 5.74) is 1.23. The van der Waals surface area contributed by atoms with Crippen molar-refractivity contribution in [1.82, 2.24) is 20.0 Å². The van der Waals surface area contributed by atoms with Gasteiger partial charge >= 0.3 is 0 Å². The van der Waals surface area contributed by atoms with Gasteiger partial charge in [0, 0.05) is 24.8 Å². The number of aromatic nitrogens is 2. The van der Waals surface area contributed by atoms with Crippen LogP contribution in [0.2, 0.25) is 0 Å². The van der Waals surface area contributed by atoms with E-state index in [1.54, 1.807) is 9.58 Å². The fourth-order valence-corrected chi connectivity index (χ4v) is 3.38. The summed E-state index contributed by atoms with van der Waals surface area (Å²) in [5, 5.41) is 7.55. The van der Waals surface area contributed by atoms with Gasteiger partial charge in [-0.05, 0) is 51.4 Å². The molecular formula is C19H24N4O2. The lowest BCUT2D eigenvalue weighted by molar-refractivity contribution is 0.0665. The molecule has 25 heavy (non-hydrogen) atoms. The number of piperidine rings is 1. The molecule has 1 amide bonds. The highest BCUT2D eigenvalue weighted by Gasteiger charge is 2.27. The van der Waals surface area contributed by atoms with Gasteiger partial charge in [-0.1, -0.05) is 18.2 Å². The number of nitrogens with zero attached hydrogens (tertiary/aromatic N) is 3. The number of carbonyl (C=O) groups is 1. The maximum absolute atomic E-state index is 12.9. The molecule has 132 valence electrons. The minimum absolute atomic E-state index is 0.000407. The molecule has 1 atom stereocenters. The first-order valence-corrected chi connectivity index (χ1v) is 8.70. The number of benzene rings is 1. The molecule has 6 heteroatoms. The summed E-state index contributed by atoms with van der Waals surface area (Å²) < 4.78 is 1.66. The quantitative estimate of drug-likeness (QED) is 0.918. The molecule has 2 heterocycles. The predicted molar refractivity (Wildman–Crippen MR) is 97.1 cm³/mol. The van der Waals surface area contributed by atoms with E-state index >= 15 is 0 Å². The summed E-state index contributed by atoms with van der Waals surface area (Å²) in [7, 11) is 1.92. The van der Waals surface area contributed by atoms with E-state index in [0.717, 1.165) is 25.1 Å². The van der Waals surface area contributed by atoms with Crippen LogP contribution in [0.5, 0.6) is 0 Å². The average molecular weight is 340 g/mol. The van der Waals surface area contributed by atoms with E-state index < -0.39 is 0 Å². The van der Waals surface area contributed by atoms with Crippen molar-refractivity contribution in [2.24, 2.45) is 5.92 Å². The molecule has 1 aliphatic rings. The van der Waals surface area contributed by atoms with E-state index in [2.05, 4.69) is 10.4 Å². The van der Waals surface area contributed by atoms with Gasteiger partial charge in [0.05, 0.1) is 5.69 Å². The Bertz CT molecular complexity index is 799. The molecule has 0 spiro atoms. The Labute approximate surface area is 147 Å². The first-order chi connectivity index (χ1) is 12.1. The van der Waals surface area contributed by atoms with Crippen molar-refractivity contribution in [2.45, 2.75) is 19.8 Å². The molecule has 3 rings (SSSR count). The highest BCUT2D eigenvalue weighted by atomic mass is 16.2. The minimum Gasteiger partial charge on any atom is -0.337 e. The number of hydrogen-bond donors (Lipinski definition) is 1. The minimum atomic E-state index is -0.314. The summed E-state index contributed by atoms with van der Waals surface area (Å²) in [6.07, 6.45) is 2.05. The Hall–Kier alpha value is -2.47. The molecule has 1 saturated heterocycles. The SMILES string of the molecule is CNCC1CCCN(C(=O)c2nn(-c3ccccc3)c(C)cc2=O)C1. The average Bonchev–Trinajstić information content (AvgIpc) is 2.62. The van der Waals surface area contributed by atoms with Gasteiger partial charge in [-0.15, -0.1) is 0 Å². The lowest BCUT2D eigenvalue weighted by Gasteiger charge is -2.32. The van der Waals surface area contributed by atoms with E-state index in [0.29, 0.717) is 24.7 Å². The lowest BCUT2D eigenvalue weighted by atomic mass is 9.98. The van der Waals surface area contributed by atoms with Crippen LogP contribution in [0.15, 0.2) is 41.2 Å². The fraction of sp³-hybridized carbons (Fsp3) is 0.421. The number of carbonyl (C=O) groups excluding carboxylic acids is 1. The molecule has 1 aromatic carbocycles. The van der Waals surface area contributed by atoms with Crippen LogP contribution >= 0.6 is 0 Å². The van der Waals surface area contributed by atoms with Crippen molar-refractivity contribution in [1.29, 1.82) is 0 Å². The van der Waals surface area contributed by atoms with E-state index in [1.807, 2.05) is 44.3 Å². The van der Waals surface area contributed by atoms with Gasteiger partial charge in [0.15, 0.2) is 5.69 Å². The van der Waals surface area contributed by atoms with E-state index in [4.69, 9.17) is 0 Å². The molecule has 0 bridgehead atoms. The molecule has 1 N–H and O–H groups in total. The second-order valence-electron chi connectivity index (χ2n) is 6.56. The van der Waals surface area contributed by atoms with Crippen molar-refractivity contribution in [3.8, 4) is 5.69 Å². The number of aryl methyl sites for hydroxylation is 1. The van der Waals surface area contributed by atoms with E-state index in [1.165, 1.54) is 6.07 Å². The summed E-state index contributed by atoms with van der Waals surface area (Å²) in [6.45, 7) is 4.04. The third kappa shape index (κ3) is 3.79. The van der Waals surface area contributed by atoms with Gasteiger partial charge in [-0.2, -0.15) is 5.10 Å². The van der Waals surface area contributed by atoms with Crippen LogP contribution in [-0.2, 0) is 0 Å². The van der Waals surface area contributed by atoms with Crippen LogP contribution < -0.4 is 10.7 Å². The summed E-state index contributed by atoms with van der Waals surface area (Å²) in [5.74, 6) is 0.153. The predicted octanol–water partition coefficient (Wildman–Crippen LogP) is 1.61. The van der Waals surface area contributed by atoms with Crippen molar-refractivity contribution in [3.05, 3.63) is 58.0 Å². The second kappa shape index (κ2) is 7.61.